The van der Waals surface area contributed by atoms with Crippen molar-refractivity contribution in [2.24, 2.45) is 5.84 Å². The molecule has 2 atom stereocenters. The molecule has 0 aliphatic carbocycles. The largest absolute Gasteiger partial charge is 0.416 e. The van der Waals surface area contributed by atoms with Crippen molar-refractivity contribution < 1.29 is 21.6 Å². The van der Waals surface area contributed by atoms with Crippen molar-refractivity contribution in [1.29, 1.82) is 0 Å². The van der Waals surface area contributed by atoms with Crippen LogP contribution in [0.5, 0.6) is 0 Å². The molecule has 0 fully saturated rings. The number of halogens is 3. The number of hydrazine groups is 1. The highest BCUT2D eigenvalue weighted by atomic mass is 32.2. The van der Waals surface area contributed by atoms with Gasteiger partial charge in [0.2, 0.25) is 0 Å². The topological polar surface area (TPSA) is 72.2 Å². The van der Waals surface area contributed by atoms with Crippen LogP contribution in [0, 0.1) is 0 Å². The minimum absolute atomic E-state index is 0.176. The summed E-state index contributed by atoms with van der Waals surface area (Å²) in [6.45, 7) is 1.39. The molecule has 0 saturated heterocycles. The molecule has 0 saturated carbocycles. The lowest BCUT2D eigenvalue weighted by atomic mass is 10.0. The Kier molecular flexibility index (Phi) is 4.59. The number of nitrogens with two attached hydrogens (primary N) is 1. The second-order valence-electron chi connectivity index (χ2n) is 4.30. The number of rotatable bonds is 4. The predicted molar refractivity (Wildman–Crippen MR) is 65.8 cm³/mol. The van der Waals surface area contributed by atoms with Gasteiger partial charge in [-0.15, -0.1) is 0 Å². The molecule has 0 aliphatic rings. The Labute approximate surface area is 109 Å². The van der Waals surface area contributed by atoms with Crippen LogP contribution in [0.15, 0.2) is 24.3 Å². The van der Waals surface area contributed by atoms with Crippen LogP contribution in [0.4, 0.5) is 13.2 Å². The highest BCUT2D eigenvalue weighted by Gasteiger charge is 2.32. The molecule has 3 N–H and O–H groups in total. The second kappa shape index (κ2) is 5.48. The zero-order chi connectivity index (χ0) is 14.8. The van der Waals surface area contributed by atoms with Gasteiger partial charge in [0.25, 0.3) is 0 Å². The van der Waals surface area contributed by atoms with E-state index in [1.807, 2.05) is 0 Å². The zero-order valence-corrected chi connectivity index (χ0v) is 11.2. The van der Waals surface area contributed by atoms with Crippen molar-refractivity contribution in [2.75, 3.05) is 6.26 Å². The fourth-order valence-corrected chi connectivity index (χ4v) is 2.39. The lowest BCUT2D eigenvalue weighted by molar-refractivity contribution is -0.137. The van der Waals surface area contributed by atoms with Crippen molar-refractivity contribution >= 4 is 9.84 Å². The average molecular weight is 296 g/mol. The minimum Gasteiger partial charge on any atom is -0.271 e. The summed E-state index contributed by atoms with van der Waals surface area (Å²) in [5.74, 6) is 5.27. The smallest absolute Gasteiger partial charge is 0.271 e. The molecule has 2 unspecified atom stereocenters. The summed E-state index contributed by atoms with van der Waals surface area (Å²) in [5.41, 5.74) is 1.59. The molecule has 0 heterocycles. The third kappa shape index (κ3) is 3.92. The van der Waals surface area contributed by atoms with Gasteiger partial charge in [-0.25, -0.2) is 8.42 Å². The maximum Gasteiger partial charge on any atom is 0.416 e. The molecular formula is C11H15F3N2O2S. The molecule has 1 aromatic rings. The van der Waals surface area contributed by atoms with Gasteiger partial charge in [0.15, 0.2) is 9.84 Å². The maximum absolute atomic E-state index is 12.6. The predicted octanol–water partition coefficient (Wildman–Crippen LogP) is 1.64. The summed E-state index contributed by atoms with van der Waals surface area (Å²) >= 11 is 0. The van der Waals surface area contributed by atoms with Crippen LogP contribution < -0.4 is 11.3 Å². The molecule has 4 nitrogen and oxygen atoms in total. The Morgan fingerprint density at radius 2 is 1.89 bits per heavy atom. The maximum atomic E-state index is 12.6. The fourth-order valence-electron chi connectivity index (χ4n) is 1.66. The van der Waals surface area contributed by atoms with E-state index in [0.29, 0.717) is 0 Å². The molecule has 1 rings (SSSR count). The van der Waals surface area contributed by atoms with Gasteiger partial charge >= 0.3 is 6.18 Å². The van der Waals surface area contributed by atoms with Crippen molar-refractivity contribution in [2.45, 2.75) is 24.4 Å². The number of sulfone groups is 1. The van der Waals surface area contributed by atoms with Gasteiger partial charge in [-0.05, 0) is 24.6 Å². The lowest BCUT2D eigenvalue weighted by Crippen LogP contribution is -2.38. The van der Waals surface area contributed by atoms with Crippen molar-refractivity contribution in [1.82, 2.24) is 5.43 Å². The molecule has 8 heteroatoms. The third-order valence-corrected chi connectivity index (χ3v) is 4.52. The zero-order valence-electron chi connectivity index (χ0n) is 10.4. The summed E-state index contributed by atoms with van der Waals surface area (Å²) in [6.07, 6.45) is -3.47. The Balaban J connectivity index is 3.20. The Bertz CT molecular complexity index is 543. The molecule has 0 aromatic heterocycles. The molecule has 0 aliphatic heterocycles. The average Bonchev–Trinajstić information content (AvgIpc) is 2.28. The van der Waals surface area contributed by atoms with Crippen molar-refractivity contribution in [3.8, 4) is 0 Å². The summed E-state index contributed by atoms with van der Waals surface area (Å²) in [7, 11) is -3.43. The van der Waals surface area contributed by atoms with Crippen LogP contribution in [0.2, 0.25) is 0 Å². The number of nitrogens with one attached hydrogen (secondary N) is 1. The highest BCUT2D eigenvalue weighted by Crippen LogP contribution is 2.31. The summed E-state index contributed by atoms with van der Waals surface area (Å²) in [5, 5.41) is -0.944. The van der Waals surface area contributed by atoms with E-state index in [-0.39, 0.29) is 5.56 Å². The molecule has 108 valence electrons. The standard InChI is InChI=1S/C11H15F3N2O2S/c1-7(19(2,17)18)10(16-15)8-4-3-5-9(6-8)11(12,13)14/h3-7,10,16H,15H2,1-2H3. The number of alkyl halides is 3. The van der Waals surface area contributed by atoms with Gasteiger partial charge in [-0.2, -0.15) is 13.2 Å². The normalized spacial score (nSPS) is 16.1. The van der Waals surface area contributed by atoms with Gasteiger partial charge < -0.3 is 0 Å². The fraction of sp³-hybridized carbons (Fsp3) is 0.455. The van der Waals surface area contributed by atoms with Crippen LogP contribution in [0.3, 0.4) is 0 Å². The molecule has 0 bridgehead atoms. The monoisotopic (exact) mass is 296 g/mol. The van der Waals surface area contributed by atoms with Gasteiger partial charge in [0.1, 0.15) is 0 Å². The van der Waals surface area contributed by atoms with E-state index in [1.165, 1.54) is 19.1 Å². The Hall–Kier alpha value is -1.12. The third-order valence-electron chi connectivity index (χ3n) is 2.90. The van der Waals surface area contributed by atoms with E-state index < -0.39 is 32.9 Å². The van der Waals surface area contributed by atoms with Gasteiger partial charge in [-0.1, -0.05) is 12.1 Å². The van der Waals surface area contributed by atoms with Gasteiger partial charge in [-0.3, -0.25) is 11.3 Å². The van der Waals surface area contributed by atoms with E-state index in [9.17, 15) is 21.6 Å². The Morgan fingerprint density at radius 3 is 2.32 bits per heavy atom. The van der Waals surface area contributed by atoms with Crippen molar-refractivity contribution in [3.63, 3.8) is 0 Å². The molecule has 19 heavy (non-hydrogen) atoms. The summed E-state index contributed by atoms with van der Waals surface area (Å²) < 4.78 is 60.7. The first kappa shape index (κ1) is 15.9. The summed E-state index contributed by atoms with van der Waals surface area (Å²) in [6, 6.07) is 3.53. The first-order valence-corrected chi connectivity index (χ1v) is 7.35. The molecule has 0 amide bonds. The van der Waals surface area contributed by atoms with E-state index in [1.54, 1.807) is 0 Å². The van der Waals surface area contributed by atoms with Gasteiger partial charge in [0, 0.05) is 6.26 Å². The molecule has 1 aromatic carbocycles. The first-order valence-electron chi connectivity index (χ1n) is 5.39. The first-order chi connectivity index (χ1) is 8.57. The van der Waals surface area contributed by atoms with Crippen molar-refractivity contribution in [3.05, 3.63) is 35.4 Å². The van der Waals surface area contributed by atoms with E-state index in [4.69, 9.17) is 5.84 Å². The SMILES string of the molecule is CC(C(NN)c1cccc(C(F)(F)F)c1)S(C)(=O)=O. The van der Waals surface area contributed by atoms with Crippen LogP contribution in [-0.2, 0) is 16.0 Å². The summed E-state index contributed by atoms with van der Waals surface area (Å²) in [4.78, 5) is 0. The highest BCUT2D eigenvalue weighted by molar-refractivity contribution is 7.91. The number of hydrogen-bond acceptors (Lipinski definition) is 4. The van der Waals surface area contributed by atoms with Crippen LogP contribution in [0.1, 0.15) is 24.1 Å². The quantitative estimate of drug-likeness (QED) is 0.654. The van der Waals surface area contributed by atoms with E-state index >= 15 is 0 Å². The lowest BCUT2D eigenvalue weighted by Gasteiger charge is -2.23. The second-order valence-corrected chi connectivity index (χ2v) is 6.70. The molecule has 0 radical (unpaired) electrons. The van der Waals surface area contributed by atoms with Crippen LogP contribution in [-0.4, -0.2) is 19.9 Å². The molecule has 0 spiro atoms. The van der Waals surface area contributed by atoms with Crippen LogP contribution >= 0.6 is 0 Å². The Morgan fingerprint density at radius 1 is 1.32 bits per heavy atom. The number of benzene rings is 1. The number of hydrogen-bond donors (Lipinski definition) is 2. The van der Waals surface area contributed by atoms with Crippen LogP contribution in [0.25, 0.3) is 0 Å². The van der Waals surface area contributed by atoms with E-state index in [2.05, 4.69) is 5.43 Å². The minimum atomic E-state index is -4.48. The van der Waals surface area contributed by atoms with E-state index in [0.717, 1.165) is 18.4 Å². The molecular weight excluding hydrogens is 281 g/mol. The van der Waals surface area contributed by atoms with Gasteiger partial charge in [0.05, 0.1) is 16.9 Å².